The molecule has 0 saturated carbocycles. The van der Waals surface area contributed by atoms with Crippen molar-refractivity contribution >= 4 is 8.24 Å². The zero-order valence-corrected chi connectivity index (χ0v) is 10.3. The van der Waals surface area contributed by atoms with Crippen LogP contribution in [0, 0.1) is 0 Å². The van der Waals surface area contributed by atoms with Crippen LogP contribution in [-0.2, 0) is 4.74 Å². The standard InChI is InChI=1S/C9H22N2OSi/c1-12-8-9-6-5-7-11(9)10-13(2,3)4/h9-10H,5-8H2,1-4H3/t9-/m0/s1. The van der Waals surface area contributed by atoms with Crippen LogP contribution in [0.5, 0.6) is 0 Å². The molecule has 0 amide bonds. The summed E-state index contributed by atoms with van der Waals surface area (Å²) in [6.45, 7) is 9.02. The van der Waals surface area contributed by atoms with Crippen LogP contribution < -0.4 is 5.09 Å². The Bertz CT molecular complexity index is 158. The van der Waals surface area contributed by atoms with Gasteiger partial charge in [0.25, 0.3) is 0 Å². The van der Waals surface area contributed by atoms with Crippen molar-refractivity contribution in [2.45, 2.75) is 38.5 Å². The average molecular weight is 202 g/mol. The Hall–Kier alpha value is 0.0969. The van der Waals surface area contributed by atoms with Crippen molar-refractivity contribution in [1.82, 2.24) is 10.1 Å². The fourth-order valence-electron chi connectivity index (χ4n) is 1.78. The van der Waals surface area contributed by atoms with Crippen LogP contribution in [-0.4, -0.2) is 39.5 Å². The molecule has 0 aromatic rings. The van der Waals surface area contributed by atoms with Crippen molar-refractivity contribution in [2.24, 2.45) is 0 Å². The molecule has 0 aromatic heterocycles. The third-order valence-electron chi connectivity index (χ3n) is 2.22. The molecule has 3 nitrogen and oxygen atoms in total. The molecule has 0 spiro atoms. The SMILES string of the molecule is COC[C@@H]1CCCN1N[Si](C)(C)C. The summed E-state index contributed by atoms with van der Waals surface area (Å²) < 4.78 is 5.20. The highest BCUT2D eigenvalue weighted by atomic mass is 28.3. The molecule has 1 heterocycles. The summed E-state index contributed by atoms with van der Waals surface area (Å²) in [5, 5.41) is 6.03. The maximum absolute atomic E-state index is 5.20. The molecule has 13 heavy (non-hydrogen) atoms. The Kier molecular flexibility index (Phi) is 3.91. The predicted molar refractivity (Wildman–Crippen MR) is 58.1 cm³/mol. The maximum atomic E-state index is 5.20. The highest BCUT2D eigenvalue weighted by Crippen LogP contribution is 2.16. The zero-order valence-electron chi connectivity index (χ0n) is 9.26. The lowest BCUT2D eigenvalue weighted by Gasteiger charge is -2.31. The summed E-state index contributed by atoms with van der Waals surface area (Å²) in [4.78, 5) is 0. The lowest BCUT2D eigenvalue weighted by molar-refractivity contribution is 0.102. The van der Waals surface area contributed by atoms with E-state index < -0.39 is 8.24 Å². The number of nitrogens with one attached hydrogen (secondary N) is 1. The molecule has 4 heteroatoms. The van der Waals surface area contributed by atoms with Crippen LogP contribution in [0.4, 0.5) is 0 Å². The molecule has 78 valence electrons. The van der Waals surface area contributed by atoms with E-state index in [1.54, 1.807) is 7.11 Å². The van der Waals surface area contributed by atoms with Gasteiger partial charge < -0.3 is 4.74 Å². The molecule has 0 unspecified atom stereocenters. The van der Waals surface area contributed by atoms with Crippen molar-refractivity contribution in [3.8, 4) is 0 Å². The molecule has 0 bridgehead atoms. The largest absolute Gasteiger partial charge is 0.383 e. The number of hydrazine groups is 1. The molecular formula is C9H22N2OSi. The fraction of sp³-hybridized carbons (Fsp3) is 1.00. The van der Waals surface area contributed by atoms with Crippen LogP contribution in [0.2, 0.25) is 19.6 Å². The zero-order chi connectivity index (χ0) is 9.90. The van der Waals surface area contributed by atoms with E-state index in [1.807, 2.05) is 0 Å². The Labute approximate surface area is 82.5 Å². The first kappa shape index (κ1) is 11.2. The van der Waals surface area contributed by atoms with E-state index in [-0.39, 0.29) is 0 Å². The number of ether oxygens (including phenoxy) is 1. The van der Waals surface area contributed by atoms with Gasteiger partial charge in [-0.3, -0.25) is 5.09 Å². The Morgan fingerprint density at radius 3 is 2.69 bits per heavy atom. The minimum Gasteiger partial charge on any atom is -0.383 e. The quantitative estimate of drug-likeness (QED) is 0.698. The van der Waals surface area contributed by atoms with Gasteiger partial charge in [0.15, 0.2) is 0 Å². The van der Waals surface area contributed by atoms with Crippen molar-refractivity contribution in [3.05, 3.63) is 0 Å². The van der Waals surface area contributed by atoms with Gasteiger partial charge >= 0.3 is 0 Å². The highest BCUT2D eigenvalue weighted by Gasteiger charge is 2.27. The summed E-state index contributed by atoms with van der Waals surface area (Å²) in [5.74, 6) is 0. The smallest absolute Gasteiger partial charge is 0.132 e. The Balaban J connectivity index is 2.39. The summed E-state index contributed by atoms with van der Waals surface area (Å²) in [6, 6.07) is 0.594. The summed E-state index contributed by atoms with van der Waals surface area (Å²) in [5.41, 5.74) is 0. The number of rotatable bonds is 4. The van der Waals surface area contributed by atoms with Gasteiger partial charge in [0.2, 0.25) is 0 Å². The third-order valence-corrected chi connectivity index (χ3v) is 3.17. The van der Waals surface area contributed by atoms with Crippen molar-refractivity contribution < 1.29 is 4.74 Å². The van der Waals surface area contributed by atoms with Gasteiger partial charge in [-0.05, 0) is 12.8 Å². The molecule has 1 aliphatic heterocycles. The molecule has 1 rings (SSSR count). The first-order valence-corrected chi connectivity index (χ1v) is 8.56. The van der Waals surface area contributed by atoms with Gasteiger partial charge in [-0.1, -0.05) is 19.6 Å². The van der Waals surface area contributed by atoms with Crippen molar-refractivity contribution in [2.75, 3.05) is 20.3 Å². The normalized spacial score (nSPS) is 25.4. The first-order valence-electron chi connectivity index (χ1n) is 5.06. The van der Waals surface area contributed by atoms with Gasteiger partial charge in [0.05, 0.1) is 6.61 Å². The predicted octanol–water partition coefficient (Wildman–Crippen LogP) is 1.44. The van der Waals surface area contributed by atoms with E-state index >= 15 is 0 Å². The van der Waals surface area contributed by atoms with Crippen molar-refractivity contribution in [3.63, 3.8) is 0 Å². The molecule has 1 N–H and O–H groups in total. The lowest BCUT2D eigenvalue weighted by Crippen LogP contribution is -2.55. The van der Waals surface area contributed by atoms with Crippen LogP contribution >= 0.6 is 0 Å². The number of nitrogens with zero attached hydrogens (tertiary/aromatic N) is 1. The molecular weight excluding hydrogens is 180 g/mol. The molecule has 0 radical (unpaired) electrons. The average Bonchev–Trinajstić information content (AvgIpc) is 2.34. The molecule has 0 aliphatic carbocycles. The fourth-order valence-corrected chi connectivity index (χ4v) is 2.94. The molecule has 1 fully saturated rings. The summed E-state index contributed by atoms with van der Waals surface area (Å²) in [7, 11) is 0.610. The van der Waals surface area contributed by atoms with E-state index in [0.717, 1.165) is 6.61 Å². The van der Waals surface area contributed by atoms with Gasteiger partial charge in [-0.2, -0.15) is 0 Å². The first-order chi connectivity index (χ1) is 6.03. The number of hydrogen-bond acceptors (Lipinski definition) is 3. The Morgan fingerprint density at radius 1 is 1.46 bits per heavy atom. The van der Waals surface area contributed by atoms with Crippen LogP contribution in [0.25, 0.3) is 0 Å². The molecule has 1 atom stereocenters. The summed E-state index contributed by atoms with van der Waals surface area (Å²) >= 11 is 0. The molecule has 1 aliphatic rings. The monoisotopic (exact) mass is 202 g/mol. The van der Waals surface area contributed by atoms with E-state index in [2.05, 4.69) is 29.7 Å². The Morgan fingerprint density at radius 2 is 2.15 bits per heavy atom. The van der Waals surface area contributed by atoms with Gasteiger partial charge in [-0.25, -0.2) is 5.01 Å². The second-order valence-electron chi connectivity index (χ2n) is 4.81. The van der Waals surface area contributed by atoms with E-state index in [1.165, 1.54) is 19.4 Å². The molecule has 1 saturated heterocycles. The van der Waals surface area contributed by atoms with Crippen LogP contribution in [0.1, 0.15) is 12.8 Å². The lowest BCUT2D eigenvalue weighted by atomic mass is 10.2. The molecule has 0 aromatic carbocycles. The number of hydrogen-bond donors (Lipinski definition) is 1. The van der Waals surface area contributed by atoms with Crippen LogP contribution in [0.15, 0.2) is 0 Å². The second kappa shape index (κ2) is 4.55. The number of methoxy groups -OCH3 is 1. The van der Waals surface area contributed by atoms with Gasteiger partial charge in [0.1, 0.15) is 8.24 Å². The second-order valence-corrected chi connectivity index (χ2v) is 9.53. The minimum atomic E-state index is -1.17. The van der Waals surface area contributed by atoms with E-state index in [9.17, 15) is 0 Å². The van der Waals surface area contributed by atoms with E-state index in [4.69, 9.17) is 4.74 Å². The van der Waals surface area contributed by atoms with Crippen molar-refractivity contribution in [1.29, 1.82) is 0 Å². The maximum Gasteiger partial charge on any atom is 0.132 e. The van der Waals surface area contributed by atoms with Gasteiger partial charge in [0, 0.05) is 19.7 Å². The topological polar surface area (TPSA) is 24.5 Å². The van der Waals surface area contributed by atoms with Crippen LogP contribution in [0.3, 0.4) is 0 Å². The third kappa shape index (κ3) is 3.77. The minimum absolute atomic E-state index is 0.594. The van der Waals surface area contributed by atoms with E-state index in [0.29, 0.717) is 6.04 Å². The summed E-state index contributed by atoms with van der Waals surface area (Å²) in [6.07, 6.45) is 2.57. The highest BCUT2D eigenvalue weighted by molar-refractivity contribution is 6.73. The van der Waals surface area contributed by atoms with Gasteiger partial charge in [-0.15, -0.1) is 0 Å².